The van der Waals surface area contributed by atoms with Crippen molar-refractivity contribution in [3.8, 4) is 0 Å². The van der Waals surface area contributed by atoms with Crippen molar-refractivity contribution in [1.82, 2.24) is 0 Å². The van der Waals surface area contributed by atoms with Crippen LogP contribution in [0.4, 0.5) is 0 Å². The predicted octanol–water partition coefficient (Wildman–Crippen LogP) is 4.42. The van der Waals surface area contributed by atoms with E-state index >= 15 is 0 Å². The molecule has 4 atom stereocenters. The lowest BCUT2D eigenvalue weighted by Gasteiger charge is -2.38. The van der Waals surface area contributed by atoms with Gasteiger partial charge in [-0.25, -0.2) is 0 Å². The SMILES string of the molecule is COC(=O)CCCCCCC1[C@@H](CO[Si](C)(C)C(C)(C)C)C(N)C[C@@H]1OC(C)=O. The minimum Gasteiger partial charge on any atom is -0.469 e. The van der Waals surface area contributed by atoms with Crippen molar-refractivity contribution in [2.45, 2.75) is 103 Å². The van der Waals surface area contributed by atoms with Crippen LogP contribution in [0.2, 0.25) is 18.1 Å². The number of hydrogen-bond donors (Lipinski definition) is 1. The zero-order valence-corrected chi connectivity index (χ0v) is 20.6. The van der Waals surface area contributed by atoms with Crippen LogP contribution in [0, 0.1) is 11.8 Å². The molecule has 1 aliphatic carbocycles. The van der Waals surface area contributed by atoms with Gasteiger partial charge in [0.15, 0.2) is 8.32 Å². The van der Waals surface area contributed by atoms with E-state index in [9.17, 15) is 9.59 Å². The van der Waals surface area contributed by atoms with Gasteiger partial charge >= 0.3 is 11.9 Å². The van der Waals surface area contributed by atoms with Crippen LogP contribution < -0.4 is 5.73 Å². The zero-order valence-electron chi connectivity index (χ0n) is 19.6. The normalized spacial score (nSPS) is 25.1. The minimum absolute atomic E-state index is 0.00607. The molecule has 7 heteroatoms. The molecule has 0 aromatic heterocycles. The van der Waals surface area contributed by atoms with Gasteiger partial charge in [-0.3, -0.25) is 9.59 Å². The Labute approximate surface area is 178 Å². The van der Waals surface area contributed by atoms with Crippen LogP contribution in [0.25, 0.3) is 0 Å². The van der Waals surface area contributed by atoms with Crippen molar-refractivity contribution in [3.05, 3.63) is 0 Å². The van der Waals surface area contributed by atoms with Crippen molar-refractivity contribution < 1.29 is 23.5 Å². The fraction of sp³-hybridized carbons (Fsp3) is 0.909. The Morgan fingerprint density at radius 1 is 1.07 bits per heavy atom. The number of carbonyl (C=O) groups excluding carboxylic acids is 2. The van der Waals surface area contributed by atoms with Crippen LogP contribution in [0.5, 0.6) is 0 Å². The molecule has 2 N–H and O–H groups in total. The summed E-state index contributed by atoms with van der Waals surface area (Å²) in [5.74, 6) is 0.0589. The molecule has 0 bridgehead atoms. The Hall–Kier alpha value is -0.923. The van der Waals surface area contributed by atoms with E-state index in [0.29, 0.717) is 19.4 Å². The highest BCUT2D eigenvalue weighted by atomic mass is 28.4. The summed E-state index contributed by atoms with van der Waals surface area (Å²) in [6.45, 7) is 13.3. The van der Waals surface area contributed by atoms with Crippen LogP contribution in [-0.2, 0) is 23.5 Å². The summed E-state index contributed by atoms with van der Waals surface area (Å²) >= 11 is 0. The second kappa shape index (κ2) is 11.5. The Kier molecular flexibility index (Phi) is 10.3. The summed E-state index contributed by atoms with van der Waals surface area (Å²) in [6.07, 6.45) is 5.96. The highest BCUT2D eigenvalue weighted by molar-refractivity contribution is 6.74. The van der Waals surface area contributed by atoms with E-state index in [4.69, 9.17) is 14.9 Å². The van der Waals surface area contributed by atoms with Crippen LogP contribution >= 0.6 is 0 Å². The number of methoxy groups -OCH3 is 1. The second-order valence-corrected chi connectivity index (χ2v) is 14.8. The smallest absolute Gasteiger partial charge is 0.305 e. The molecular formula is C22H43NO5Si. The van der Waals surface area contributed by atoms with Crippen LogP contribution in [-0.4, -0.2) is 46.1 Å². The Morgan fingerprint density at radius 3 is 2.24 bits per heavy atom. The lowest BCUT2D eigenvalue weighted by Crippen LogP contribution is -2.44. The van der Waals surface area contributed by atoms with E-state index in [-0.39, 0.29) is 41.0 Å². The monoisotopic (exact) mass is 429 g/mol. The number of esters is 2. The molecule has 0 aliphatic heterocycles. The Balaban J connectivity index is 2.64. The first kappa shape index (κ1) is 26.1. The third-order valence-electron chi connectivity index (χ3n) is 6.74. The zero-order chi connectivity index (χ0) is 22.2. The van der Waals surface area contributed by atoms with Crippen molar-refractivity contribution >= 4 is 20.3 Å². The van der Waals surface area contributed by atoms with Gasteiger partial charge < -0.3 is 19.6 Å². The standard InChI is InChI=1S/C22H43NO5Si/c1-16(24)28-20-14-19(23)18(15-27-29(6,7)22(2,3)4)17(20)12-10-8-9-11-13-21(25)26-5/h17-20H,8-15,23H2,1-7H3/t17?,18-,19?,20+/m1/s1. The third kappa shape index (κ3) is 8.38. The van der Waals surface area contributed by atoms with Gasteiger partial charge in [0, 0.05) is 44.2 Å². The maximum atomic E-state index is 11.6. The van der Waals surface area contributed by atoms with Gasteiger partial charge in [0.1, 0.15) is 6.10 Å². The maximum absolute atomic E-state index is 11.6. The van der Waals surface area contributed by atoms with Gasteiger partial charge in [-0.05, 0) is 31.0 Å². The first-order chi connectivity index (χ1) is 13.4. The van der Waals surface area contributed by atoms with Gasteiger partial charge in [-0.1, -0.05) is 40.0 Å². The topological polar surface area (TPSA) is 87.8 Å². The second-order valence-electron chi connectivity index (χ2n) is 9.98. The van der Waals surface area contributed by atoms with Crippen LogP contribution in [0.3, 0.4) is 0 Å². The summed E-state index contributed by atoms with van der Waals surface area (Å²) < 4.78 is 16.8. The van der Waals surface area contributed by atoms with Gasteiger partial charge in [0.2, 0.25) is 0 Å². The van der Waals surface area contributed by atoms with E-state index in [1.54, 1.807) is 0 Å². The molecule has 0 aromatic rings. The molecule has 0 heterocycles. The van der Waals surface area contributed by atoms with Crippen molar-refractivity contribution in [2.24, 2.45) is 17.6 Å². The van der Waals surface area contributed by atoms with Crippen molar-refractivity contribution in [3.63, 3.8) is 0 Å². The lowest BCUT2D eigenvalue weighted by atomic mass is 9.88. The number of unbranched alkanes of at least 4 members (excludes halogenated alkanes) is 3. The molecule has 6 nitrogen and oxygen atoms in total. The average Bonchev–Trinajstić information content (AvgIpc) is 2.88. The van der Waals surface area contributed by atoms with Gasteiger partial charge in [0.05, 0.1) is 7.11 Å². The summed E-state index contributed by atoms with van der Waals surface area (Å²) in [4.78, 5) is 22.8. The molecule has 0 amide bonds. The van der Waals surface area contributed by atoms with Crippen molar-refractivity contribution in [2.75, 3.05) is 13.7 Å². The first-order valence-electron chi connectivity index (χ1n) is 11.0. The van der Waals surface area contributed by atoms with E-state index in [0.717, 1.165) is 32.1 Å². The molecule has 0 aromatic carbocycles. The average molecular weight is 430 g/mol. The lowest BCUT2D eigenvalue weighted by molar-refractivity contribution is -0.148. The summed E-state index contributed by atoms with van der Waals surface area (Å²) in [6, 6.07) is -0.00607. The number of rotatable bonds is 11. The maximum Gasteiger partial charge on any atom is 0.305 e. The third-order valence-corrected chi connectivity index (χ3v) is 11.2. The predicted molar refractivity (Wildman–Crippen MR) is 118 cm³/mol. The quantitative estimate of drug-likeness (QED) is 0.297. The molecule has 1 fully saturated rings. The van der Waals surface area contributed by atoms with Crippen molar-refractivity contribution in [1.29, 1.82) is 0 Å². The highest BCUT2D eigenvalue weighted by Crippen LogP contribution is 2.41. The summed E-state index contributed by atoms with van der Waals surface area (Å²) in [5.41, 5.74) is 6.47. The van der Waals surface area contributed by atoms with E-state index in [2.05, 4.69) is 38.6 Å². The molecule has 0 radical (unpaired) electrons. The number of ether oxygens (including phenoxy) is 2. The Morgan fingerprint density at radius 2 is 1.69 bits per heavy atom. The van der Waals surface area contributed by atoms with E-state index in [1.807, 2.05) is 0 Å². The van der Waals surface area contributed by atoms with E-state index in [1.165, 1.54) is 14.0 Å². The molecule has 1 saturated carbocycles. The van der Waals surface area contributed by atoms with Crippen LogP contribution in [0.15, 0.2) is 0 Å². The summed E-state index contributed by atoms with van der Waals surface area (Å²) in [7, 11) is -0.433. The minimum atomic E-state index is -1.86. The largest absolute Gasteiger partial charge is 0.469 e. The number of hydrogen-bond acceptors (Lipinski definition) is 6. The molecule has 1 aliphatic rings. The highest BCUT2D eigenvalue weighted by Gasteiger charge is 2.45. The molecule has 29 heavy (non-hydrogen) atoms. The molecular weight excluding hydrogens is 386 g/mol. The van der Waals surface area contributed by atoms with Crippen LogP contribution in [0.1, 0.15) is 72.6 Å². The fourth-order valence-electron chi connectivity index (χ4n) is 3.83. The van der Waals surface area contributed by atoms with E-state index < -0.39 is 8.32 Å². The number of carbonyl (C=O) groups is 2. The Bertz CT molecular complexity index is 532. The molecule has 170 valence electrons. The van der Waals surface area contributed by atoms with Gasteiger partial charge in [-0.15, -0.1) is 0 Å². The number of nitrogens with two attached hydrogens (primary N) is 1. The molecule has 0 spiro atoms. The summed E-state index contributed by atoms with van der Waals surface area (Å²) in [5, 5.41) is 0.153. The molecule has 2 unspecified atom stereocenters. The first-order valence-corrected chi connectivity index (χ1v) is 13.9. The van der Waals surface area contributed by atoms with Gasteiger partial charge in [0.25, 0.3) is 0 Å². The molecule has 0 saturated heterocycles. The van der Waals surface area contributed by atoms with Gasteiger partial charge in [-0.2, -0.15) is 0 Å². The fourth-order valence-corrected chi connectivity index (χ4v) is 4.88. The molecule has 1 rings (SSSR count).